The lowest BCUT2D eigenvalue weighted by Crippen LogP contribution is -2.34. The molecule has 0 aliphatic carbocycles. The fourth-order valence-electron chi connectivity index (χ4n) is 1.51. The van der Waals surface area contributed by atoms with Gasteiger partial charge in [0.15, 0.2) is 0 Å². The van der Waals surface area contributed by atoms with Crippen LogP contribution in [0, 0.1) is 5.92 Å². The van der Waals surface area contributed by atoms with Gasteiger partial charge in [0, 0.05) is 20.2 Å². The van der Waals surface area contributed by atoms with Crippen LogP contribution in [-0.2, 0) is 14.3 Å². The fourth-order valence-corrected chi connectivity index (χ4v) is 1.51. The Kier molecular flexibility index (Phi) is 9.62. The number of hydrogen-bond acceptors (Lipinski definition) is 4. The lowest BCUT2D eigenvalue weighted by molar-refractivity contribution is -0.124. The molecule has 5 nitrogen and oxygen atoms in total. The third kappa shape index (κ3) is 6.27. The Morgan fingerprint density at radius 3 is 2.88 bits per heavy atom. The van der Waals surface area contributed by atoms with Gasteiger partial charge < -0.3 is 20.1 Å². The highest BCUT2D eigenvalue weighted by Gasteiger charge is 2.21. The van der Waals surface area contributed by atoms with Crippen molar-refractivity contribution in [3.05, 3.63) is 0 Å². The molecule has 0 saturated carbocycles. The van der Waals surface area contributed by atoms with Crippen molar-refractivity contribution in [2.75, 3.05) is 46.6 Å². The molecule has 1 atom stereocenters. The zero-order valence-electron chi connectivity index (χ0n) is 9.66. The SMILES string of the molecule is COCCOCCNC(=O)C1CCNC1.Cl. The first-order valence-electron chi connectivity index (χ1n) is 5.39. The Balaban J connectivity index is 0.00000225. The summed E-state index contributed by atoms with van der Waals surface area (Å²) in [6.45, 7) is 4.06. The second-order valence-corrected chi connectivity index (χ2v) is 3.59. The van der Waals surface area contributed by atoms with Crippen molar-refractivity contribution in [1.82, 2.24) is 10.6 Å². The van der Waals surface area contributed by atoms with Crippen molar-refractivity contribution in [1.29, 1.82) is 0 Å². The predicted molar refractivity (Wildman–Crippen MR) is 63.9 cm³/mol. The fraction of sp³-hybridized carbons (Fsp3) is 0.900. The summed E-state index contributed by atoms with van der Waals surface area (Å²) >= 11 is 0. The van der Waals surface area contributed by atoms with Crippen molar-refractivity contribution >= 4 is 18.3 Å². The molecule has 0 spiro atoms. The first kappa shape index (κ1) is 15.6. The van der Waals surface area contributed by atoms with Crippen LogP contribution in [0.25, 0.3) is 0 Å². The molecular formula is C10H21ClN2O3. The van der Waals surface area contributed by atoms with Gasteiger partial charge in [-0.2, -0.15) is 0 Å². The first-order chi connectivity index (χ1) is 7.34. The van der Waals surface area contributed by atoms with E-state index in [0.29, 0.717) is 26.4 Å². The van der Waals surface area contributed by atoms with E-state index in [1.165, 1.54) is 0 Å². The van der Waals surface area contributed by atoms with Crippen LogP contribution in [0.3, 0.4) is 0 Å². The van der Waals surface area contributed by atoms with Gasteiger partial charge in [-0.3, -0.25) is 4.79 Å². The minimum absolute atomic E-state index is 0. The number of amides is 1. The molecule has 0 radical (unpaired) electrons. The monoisotopic (exact) mass is 252 g/mol. The van der Waals surface area contributed by atoms with Crippen molar-refractivity contribution < 1.29 is 14.3 Å². The van der Waals surface area contributed by atoms with E-state index in [4.69, 9.17) is 9.47 Å². The summed E-state index contributed by atoms with van der Waals surface area (Å²) in [6, 6.07) is 0. The Morgan fingerprint density at radius 1 is 1.44 bits per heavy atom. The number of hydrogen-bond donors (Lipinski definition) is 2. The average Bonchev–Trinajstić information content (AvgIpc) is 2.76. The summed E-state index contributed by atoms with van der Waals surface area (Å²) in [5, 5.41) is 6.02. The molecule has 1 heterocycles. The van der Waals surface area contributed by atoms with E-state index in [1.807, 2.05) is 0 Å². The van der Waals surface area contributed by atoms with E-state index in [1.54, 1.807) is 7.11 Å². The summed E-state index contributed by atoms with van der Waals surface area (Å²) in [6.07, 6.45) is 0.941. The van der Waals surface area contributed by atoms with Gasteiger partial charge in [-0.25, -0.2) is 0 Å². The topological polar surface area (TPSA) is 59.6 Å². The summed E-state index contributed by atoms with van der Waals surface area (Å²) < 4.78 is 10.1. The highest BCUT2D eigenvalue weighted by atomic mass is 35.5. The maximum atomic E-state index is 11.5. The van der Waals surface area contributed by atoms with Gasteiger partial charge in [0.05, 0.1) is 25.7 Å². The summed E-state index contributed by atoms with van der Waals surface area (Å²) in [5.41, 5.74) is 0. The van der Waals surface area contributed by atoms with Crippen LogP contribution in [0.4, 0.5) is 0 Å². The maximum Gasteiger partial charge on any atom is 0.224 e. The largest absolute Gasteiger partial charge is 0.382 e. The molecule has 1 aliphatic heterocycles. The molecule has 1 aliphatic rings. The van der Waals surface area contributed by atoms with Crippen LogP contribution in [0.1, 0.15) is 6.42 Å². The molecule has 0 bridgehead atoms. The second kappa shape index (κ2) is 9.84. The Bertz CT molecular complexity index is 187. The number of rotatable bonds is 7. The zero-order chi connectivity index (χ0) is 10.9. The third-order valence-corrected chi connectivity index (χ3v) is 2.41. The van der Waals surface area contributed by atoms with Gasteiger partial charge in [0.1, 0.15) is 0 Å². The van der Waals surface area contributed by atoms with Crippen LogP contribution >= 0.6 is 12.4 Å². The Hall–Kier alpha value is -0.360. The summed E-state index contributed by atoms with van der Waals surface area (Å²) in [5.74, 6) is 0.277. The Labute approximate surface area is 103 Å². The summed E-state index contributed by atoms with van der Waals surface area (Å²) in [4.78, 5) is 11.5. The smallest absolute Gasteiger partial charge is 0.224 e. The minimum Gasteiger partial charge on any atom is -0.382 e. The minimum atomic E-state index is 0. The van der Waals surface area contributed by atoms with Crippen molar-refractivity contribution in [3.8, 4) is 0 Å². The van der Waals surface area contributed by atoms with E-state index in [2.05, 4.69) is 10.6 Å². The van der Waals surface area contributed by atoms with Crippen molar-refractivity contribution in [2.45, 2.75) is 6.42 Å². The second-order valence-electron chi connectivity index (χ2n) is 3.59. The van der Waals surface area contributed by atoms with E-state index < -0.39 is 0 Å². The van der Waals surface area contributed by atoms with Crippen LogP contribution < -0.4 is 10.6 Å². The van der Waals surface area contributed by atoms with E-state index in [9.17, 15) is 4.79 Å². The number of nitrogens with one attached hydrogen (secondary N) is 2. The van der Waals surface area contributed by atoms with Gasteiger partial charge in [0.2, 0.25) is 5.91 Å². The van der Waals surface area contributed by atoms with Gasteiger partial charge in [-0.05, 0) is 13.0 Å². The molecule has 0 aromatic carbocycles. The Morgan fingerprint density at radius 2 is 2.25 bits per heavy atom. The molecule has 0 aromatic heterocycles. The maximum absolute atomic E-state index is 11.5. The number of methoxy groups -OCH3 is 1. The van der Waals surface area contributed by atoms with Crippen molar-refractivity contribution in [2.24, 2.45) is 5.92 Å². The highest BCUT2D eigenvalue weighted by Crippen LogP contribution is 2.06. The third-order valence-electron chi connectivity index (χ3n) is 2.41. The molecule has 1 unspecified atom stereocenters. The van der Waals surface area contributed by atoms with Crippen LogP contribution in [0.2, 0.25) is 0 Å². The van der Waals surface area contributed by atoms with Crippen molar-refractivity contribution in [3.63, 3.8) is 0 Å². The lowest BCUT2D eigenvalue weighted by atomic mass is 10.1. The quantitative estimate of drug-likeness (QED) is 0.616. The molecule has 96 valence electrons. The molecule has 1 fully saturated rings. The molecule has 1 amide bonds. The summed E-state index contributed by atoms with van der Waals surface area (Å²) in [7, 11) is 1.64. The van der Waals surface area contributed by atoms with Crippen LogP contribution in [0.15, 0.2) is 0 Å². The molecular weight excluding hydrogens is 232 g/mol. The molecule has 1 rings (SSSR count). The van der Waals surface area contributed by atoms with Gasteiger partial charge >= 0.3 is 0 Å². The highest BCUT2D eigenvalue weighted by molar-refractivity contribution is 5.85. The average molecular weight is 253 g/mol. The standard InChI is InChI=1S/C10H20N2O3.ClH/c1-14-6-7-15-5-4-12-10(13)9-2-3-11-8-9;/h9,11H,2-8H2,1H3,(H,12,13);1H. The molecule has 0 aromatic rings. The van der Waals surface area contributed by atoms with Gasteiger partial charge in [-0.15, -0.1) is 12.4 Å². The van der Waals surface area contributed by atoms with Gasteiger partial charge in [0.25, 0.3) is 0 Å². The number of halogens is 1. The predicted octanol–water partition coefficient (Wildman–Crippen LogP) is -0.203. The molecule has 2 N–H and O–H groups in total. The molecule has 6 heteroatoms. The number of carbonyl (C=O) groups excluding carboxylic acids is 1. The number of ether oxygens (including phenoxy) is 2. The van der Waals surface area contributed by atoms with E-state index in [-0.39, 0.29) is 24.2 Å². The number of carbonyl (C=O) groups is 1. The van der Waals surface area contributed by atoms with Crippen LogP contribution in [-0.4, -0.2) is 52.5 Å². The van der Waals surface area contributed by atoms with E-state index >= 15 is 0 Å². The van der Waals surface area contributed by atoms with Crippen LogP contribution in [0.5, 0.6) is 0 Å². The zero-order valence-corrected chi connectivity index (χ0v) is 10.5. The first-order valence-corrected chi connectivity index (χ1v) is 5.39. The lowest BCUT2D eigenvalue weighted by Gasteiger charge is -2.09. The molecule has 16 heavy (non-hydrogen) atoms. The van der Waals surface area contributed by atoms with Gasteiger partial charge in [-0.1, -0.05) is 0 Å². The normalized spacial score (nSPS) is 19.2. The van der Waals surface area contributed by atoms with E-state index in [0.717, 1.165) is 19.5 Å². The molecule has 1 saturated heterocycles.